The largest absolute Gasteiger partial charge is 0.321 e. The molecule has 0 unspecified atom stereocenters. The summed E-state index contributed by atoms with van der Waals surface area (Å²) in [6, 6.07) is 19.5. The summed E-state index contributed by atoms with van der Waals surface area (Å²) >= 11 is 13.3. The number of nitrogens with one attached hydrogen (secondary N) is 1. The number of rotatable bonds is 5. The number of halogens is 3. The van der Waals surface area contributed by atoms with Gasteiger partial charge in [0.1, 0.15) is 22.5 Å². The van der Waals surface area contributed by atoms with Gasteiger partial charge in [-0.05, 0) is 67.4 Å². The van der Waals surface area contributed by atoms with Gasteiger partial charge in [-0.2, -0.15) is 5.26 Å². The molecule has 1 aliphatic rings. The standard InChI is InChI=1S/C26H18Cl2FN3O2S/c1-15-2-9-19(10-3-15)32-25(34)23(13-16-4-11-21(27)22(28)12-16)35-26(32)20(14-30)24(33)31-18-7-5-17(29)6-8-18/h2-12,23H,13H2,1H3,(H,31,33)/b26-20-/t23-/m0/s1. The molecule has 0 spiro atoms. The van der Waals surface area contributed by atoms with Crippen LogP contribution in [0.1, 0.15) is 11.1 Å². The molecule has 9 heteroatoms. The van der Waals surface area contributed by atoms with Gasteiger partial charge in [0.2, 0.25) is 5.91 Å². The van der Waals surface area contributed by atoms with Crippen molar-refractivity contribution in [2.75, 3.05) is 10.2 Å². The Balaban J connectivity index is 1.72. The second kappa shape index (κ2) is 10.5. The van der Waals surface area contributed by atoms with Crippen molar-refractivity contribution in [3.8, 4) is 6.07 Å². The number of hydrogen-bond donors (Lipinski definition) is 1. The van der Waals surface area contributed by atoms with Gasteiger partial charge in [0.05, 0.1) is 15.3 Å². The molecule has 1 atom stereocenters. The Labute approximate surface area is 216 Å². The van der Waals surface area contributed by atoms with E-state index in [1.54, 1.807) is 30.3 Å². The van der Waals surface area contributed by atoms with Crippen molar-refractivity contribution < 1.29 is 14.0 Å². The molecule has 1 heterocycles. The maximum absolute atomic E-state index is 13.5. The van der Waals surface area contributed by atoms with Gasteiger partial charge in [-0.1, -0.05) is 58.7 Å². The summed E-state index contributed by atoms with van der Waals surface area (Å²) in [5, 5.41) is 12.9. The van der Waals surface area contributed by atoms with E-state index in [9.17, 15) is 19.2 Å². The monoisotopic (exact) mass is 525 g/mol. The van der Waals surface area contributed by atoms with Crippen LogP contribution < -0.4 is 10.2 Å². The van der Waals surface area contributed by atoms with E-state index in [1.807, 2.05) is 25.1 Å². The summed E-state index contributed by atoms with van der Waals surface area (Å²) < 4.78 is 13.2. The first-order valence-electron chi connectivity index (χ1n) is 10.5. The Morgan fingerprint density at radius 1 is 1.09 bits per heavy atom. The molecule has 0 aromatic heterocycles. The average Bonchev–Trinajstić information content (AvgIpc) is 3.14. The van der Waals surface area contributed by atoms with E-state index >= 15 is 0 Å². The van der Waals surface area contributed by atoms with Crippen LogP contribution in [0.3, 0.4) is 0 Å². The lowest BCUT2D eigenvalue weighted by molar-refractivity contribution is -0.117. The Kier molecular flexibility index (Phi) is 7.46. The summed E-state index contributed by atoms with van der Waals surface area (Å²) in [5.41, 5.74) is 2.45. The van der Waals surface area contributed by atoms with E-state index < -0.39 is 17.0 Å². The number of benzene rings is 3. The number of amides is 2. The Morgan fingerprint density at radius 2 is 1.77 bits per heavy atom. The van der Waals surface area contributed by atoms with E-state index in [4.69, 9.17) is 23.2 Å². The van der Waals surface area contributed by atoms with Crippen LogP contribution in [0, 0.1) is 24.1 Å². The minimum atomic E-state index is -0.693. The highest BCUT2D eigenvalue weighted by molar-refractivity contribution is 8.05. The molecule has 176 valence electrons. The third-order valence-corrected chi connectivity index (χ3v) is 7.31. The zero-order valence-corrected chi connectivity index (χ0v) is 20.7. The van der Waals surface area contributed by atoms with Gasteiger partial charge in [-0.15, -0.1) is 0 Å². The summed E-state index contributed by atoms with van der Waals surface area (Å²) in [5.74, 6) is -1.40. The van der Waals surface area contributed by atoms with Gasteiger partial charge in [0.15, 0.2) is 0 Å². The highest BCUT2D eigenvalue weighted by Crippen LogP contribution is 2.42. The van der Waals surface area contributed by atoms with Crippen LogP contribution in [-0.4, -0.2) is 17.1 Å². The van der Waals surface area contributed by atoms with E-state index in [0.717, 1.165) is 22.9 Å². The topological polar surface area (TPSA) is 73.2 Å². The maximum Gasteiger partial charge on any atom is 0.269 e. The lowest BCUT2D eigenvalue weighted by Crippen LogP contribution is -2.30. The molecule has 3 aromatic rings. The fourth-order valence-electron chi connectivity index (χ4n) is 3.52. The van der Waals surface area contributed by atoms with Gasteiger partial charge < -0.3 is 5.32 Å². The molecular formula is C26H18Cl2FN3O2S. The quantitative estimate of drug-likeness (QED) is 0.304. The van der Waals surface area contributed by atoms with Gasteiger partial charge in [0, 0.05) is 11.4 Å². The van der Waals surface area contributed by atoms with Gasteiger partial charge in [-0.3, -0.25) is 14.5 Å². The number of thioether (sulfide) groups is 1. The minimum absolute atomic E-state index is 0.218. The van der Waals surface area contributed by atoms with Gasteiger partial charge in [-0.25, -0.2) is 4.39 Å². The predicted molar refractivity (Wildman–Crippen MR) is 138 cm³/mol. The van der Waals surface area contributed by atoms with Gasteiger partial charge in [0.25, 0.3) is 5.91 Å². The molecule has 0 radical (unpaired) electrons. The predicted octanol–water partition coefficient (Wildman–Crippen LogP) is 6.51. The second-order valence-corrected chi connectivity index (χ2v) is 9.83. The first-order chi connectivity index (χ1) is 16.8. The van der Waals surface area contributed by atoms with Crippen molar-refractivity contribution in [1.82, 2.24) is 0 Å². The Hall–Kier alpha value is -3.31. The number of nitriles is 1. The van der Waals surface area contributed by atoms with Gasteiger partial charge >= 0.3 is 0 Å². The Morgan fingerprint density at radius 3 is 2.40 bits per heavy atom. The number of carbonyl (C=O) groups is 2. The van der Waals surface area contributed by atoms with Crippen LogP contribution >= 0.6 is 35.0 Å². The smallest absolute Gasteiger partial charge is 0.269 e. The van der Waals surface area contributed by atoms with Crippen LogP contribution in [0.5, 0.6) is 0 Å². The zero-order chi connectivity index (χ0) is 25.1. The summed E-state index contributed by atoms with van der Waals surface area (Å²) in [4.78, 5) is 28.0. The Bertz CT molecular complexity index is 1370. The van der Waals surface area contributed by atoms with E-state index in [0.29, 0.717) is 27.8 Å². The van der Waals surface area contributed by atoms with Crippen molar-refractivity contribution in [1.29, 1.82) is 5.26 Å². The number of carbonyl (C=O) groups excluding carboxylic acids is 2. The van der Waals surface area contributed by atoms with Crippen molar-refractivity contribution in [2.24, 2.45) is 0 Å². The lowest BCUT2D eigenvalue weighted by atomic mass is 10.1. The molecule has 1 saturated heterocycles. The van der Waals surface area contributed by atoms with Crippen molar-refractivity contribution in [2.45, 2.75) is 18.6 Å². The normalized spacial score (nSPS) is 16.7. The number of aryl methyl sites for hydroxylation is 1. The van der Waals surface area contributed by atoms with Crippen LogP contribution in [0.2, 0.25) is 10.0 Å². The molecule has 0 bridgehead atoms. The van der Waals surface area contributed by atoms with Crippen LogP contribution in [0.4, 0.5) is 15.8 Å². The third kappa shape index (κ3) is 5.51. The summed E-state index contributed by atoms with van der Waals surface area (Å²) in [6.45, 7) is 1.92. The fraction of sp³-hybridized carbons (Fsp3) is 0.115. The molecule has 1 N–H and O–H groups in total. The highest BCUT2D eigenvalue weighted by Gasteiger charge is 2.40. The average molecular weight is 526 g/mol. The molecule has 0 saturated carbocycles. The van der Waals surface area contributed by atoms with Crippen molar-refractivity contribution in [3.63, 3.8) is 0 Å². The van der Waals surface area contributed by atoms with E-state index in [-0.39, 0.29) is 16.5 Å². The molecule has 5 nitrogen and oxygen atoms in total. The van der Waals surface area contributed by atoms with E-state index in [1.165, 1.54) is 29.2 Å². The molecule has 1 fully saturated rings. The maximum atomic E-state index is 13.5. The third-order valence-electron chi connectivity index (χ3n) is 5.30. The number of anilines is 2. The molecular weight excluding hydrogens is 508 g/mol. The van der Waals surface area contributed by atoms with Crippen LogP contribution in [-0.2, 0) is 16.0 Å². The molecule has 35 heavy (non-hydrogen) atoms. The molecule has 0 aliphatic carbocycles. The lowest BCUT2D eigenvalue weighted by Gasteiger charge is -2.19. The van der Waals surface area contributed by atoms with Crippen LogP contribution in [0.15, 0.2) is 77.3 Å². The minimum Gasteiger partial charge on any atom is -0.321 e. The van der Waals surface area contributed by atoms with E-state index in [2.05, 4.69) is 5.32 Å². The SMILES string of the molecule is Cc1ccc(N2C(=O)[C@H](Cc3ccc(Cl)c(Cl)c3)S/C2=C(/C#N)C(=O)Nc2ccc(F)cc2)cc1. The molecule has 3 aromatic carbocycles. The first-order valence-corrected chi connectivity index (χ1v) is 12.1. The summed E-state index contributed by atoms with van der Waals surface area (Å²) in [7, 11) is 0. The second-order valence-electron chi connectivity index (χ2n) is 7.82. The molecule has 2 amide bonds. The molecule has 4 rings (SSSR count). The zero-order valence-electron chi connectivity index (χ0n) is 18.4. The summed E-state index contributed by atoms with van der Waals surface area (Å²) in [6.07, 6.45) is 0.324. The number of nitrogens with zero attached hydrogens (tertiary/aromatic N) is 2. The first kappa shape index (κ1) is 24.8. The highest BCUT2D eigenvalue weighted by atomic mass is 35.5. The van der Waals surface area contributed by atoms with Crippen LogP contribution in [0.25, 0.3) is 0 Å². The fourth-order valence-corrected chi connectivity index (χ4v) is 5.15. The van der Waals surface area contributed by atoms with Crippen molar-refractivity contribution >= 4 is 58.2 Å². The number of hydrogen-bond acceptors (Lipinski definition) is 4. The molecule has 1 aliphatic heterocycles. The van der Waals surface area contributed by atoms with Crippen molar-refractivity contribution in [3.05, 3.63) is 104 Å².